The summed E-state index contributed by atoms with van der Waals surface area (Å²) < 4.78 is 53.4. The number of hydrogen-bond donors (Lipinski definition) is 0. The molecule has 0 fully saturated rings. The summed E-state index contributed by atoms with van der Waals surface area (Å²) in [4.78, 5) is 10.9. The highest BCUT2D eigenvalue weighted by Gasteiger charge is 2.21. The predicted octanol–water partition coefficient (Wildman–Crippen LogP) is 2.77. The van der Waals surface area contributed by atoms with Crippen LogP contribution in [0.5, 0.6) is 5.75 Å². The molecule has 0 atom stereocenters. The van der Waals surface area contributed by atoms with Gasteiger partial charge in [0.1, 0.15) is 5.82 Å². The second-order valence-electron chi connectivity index (χ2n) is 2.67. The smallest absolute Gasteiger partial charge is 0.387 e. The largest absolute Gasteiger partial charge is 0.431 e. The highest BCUT2D eigenvalue weighted by atomic mass is 19.3. The average molecular weight is 222 g/mol. The Hall–Kier alpha value is -1.59. The number of ketones is 1. The summed E-state index contributed by atoms with van der Waals surface area (Å²) in [6, 6.07) is 1.28. The molecule has 0 aliphatic carbocycles. The third-order valence-corrected chi connectivity index (χ3v) is 1.62. The van der Waals surface area contributed by atoms with E-state index in [-0.39, 0.29) is 0 Å². The number of carbonyl (C=O) groups excluding carboxylic acids is 1. The molecule has 82 valence electrons. The summed E-state index contributed by atoms with van der Waals surface area (Å²) >= 11 is 0. The molecule has 0 amide bonds. The summed E-state index contributed by atoms with van der Waals surface area (Å²) in [5.74, 6) is -4.25. The number of ether oxygens (including phenoxy) is 1. The van der Waals surface area contributed by atoms with Crippen LogP contribution in [0.25, 0.3) is 0 Å². The summed E-state index contributed by atoms with van der Waals surface area (Å²) in [6.45, 7) is -2.39. The highest BCUT2D eigenvalue weighted by molar-refractivity contribution is 5.97. The Morgan fingerprint density at radius 3 is 2.27 bits per heavy atom. The molecule has 0 radical (unpaired) electrons. The lowest BCUT2D eigenvalue weighted by Crippen LogP contribution is -2.10. The zero-order chi connectivity index (χ0) is 11.6. The van der Waals surface area contributed by atoms with Crippen LogP contribution in [0.15, 0.2) is 12.1 Å². The molecule has 0 saturated heterocycles. The van der Waals surface area contributed by atoms with E-state index in [9.17, 15) is 22.4 Å². The maximum atomic E-state index is 13.0. The van der Waals surface area contributed by atoms with Crippen LogP contribution < -0.4 is 4.74 Å². The van der Waals surface area contributed by atoms with Crippen LogP contribution in [-0.4, -0.2) is 12.4 Å². The normalized spacial score (nSPS) is 10.5. The van der Waals surface area contributed by atoms with Crippen LogP contribution in [0.1, 0.15) is 17.3 Å². The van der Waals surface area contributed by atoms with Crippen LogP contribution in [-0.2, 0) is 0 Å². The minimum Gasteiger partial charge on any atom is -0.431 e. The monoisotopic (exact) mass is 222 g/mol. The molecule has 15 heavy (non-hydrogen) atoms. The fourth-order valence-corrected chi connectivity index (χ4v) is 1.07. The van der Waals surface area contributed by atoms with Gasteiger partial charge in [-0.3, -0.25) is 4.79 Å². The molecule has 0 N–H and O–H groups in total. The van der Waals surface area contributed by atoms with E-state index < -0.39 is 35.3 Å². The van der Waals surface area contributed by atoms with Crippen molar-refractivity contribution in [2.45, 2.75) is 13.5 Å². The summed E-state index contributed by atoms with van der Waals surface area (Å²) in [5.41, 5.74) is -0.810. The fraction of sp³-hybridized carbons (Fsp3) is 0.222. The first kappa shape index (κ1) is 11.5. The van der Waals surface area contributed by atoms with Gasteiger partial charge < -0.3 is 4.74 Å². The molecule has 1 rings (SSSR count). The molecule has 0 aromatic heterocycles. The van der Waals surface area contributed by atoms with Crippen LogP contribution >= 0.6 is 0 Å². The van der Waals surface area contributed by atoms with Gasteiger partial charge in [-0.25, -0.2) is 8.78 Å². The number of rotatable bonds is 3. The van der Waals surface area contributed by atoms with E-state index in [0.717, 1.165) is 6.92 Å². The van der Waals surface area contributed by atoms with E-state index in [1.165, 1.54) is 0 Å². The summed E-state index contributed by atoms with van der Waals surface area (Å²) in [5, 5.41) is 0. The molecule has 0 aliphatic rings. The van der Waals surface area contributed by atoms with Gasteiger partial charge in [0.15, 0.2) is 17.3 Å². The second kappa shape index (κ2) is 4.29. The number of hydrogen-bond acceptors (Lipinski definition) is 2. The predicted molar refractivity (Wildman–Crippen MR) is 43.0 cm³/mol. The first-order chi connectivity index (χ1) is 6.93. The van der Waals surface area contributed by atoms with Crippen molar-refractivity contribution in [2.75, 3.05) is 0 Å². The molecule has 0 heterocycles. The maximum Gasteiger partial charge on any atom is 0.387 e. The van der Waals surface area contributed by atoms with E-state index in [2.05, 4.69) is 4.74 Å². The van der Waals surface area contributed by atoms with Gasteiger partial charge in [-0.2, -0.15) is 8.78 Å². The van der Waals surface area contributed by atoms with Crippen molar-refractivity contribution < 1.29 is 27.1 Å². The lowest BCUT2D eigenvalue weighted by Gasteiger charge is -2.09. The Morgan fingerprint density at radius 1 is 1.27 bits per heavy atom. The number of Topliss-reactive ketones (excluding diaryl/α,β-unsaturated/α-hetero) is 1. The van der Waals surface area contributed by atoms with Gasteiger partial charge in [0.2, 0.25) is 0 Å². The van der Waals surface area contributed by atoms with Crippen LogP contribution in [0.2, 0.25) is 0 Å². The number of alkyl halides is 2. The lowest BCUT2D eigenvalue weighted by molar-refractivity contribution is -0.0526. The minimum atomic E-state index is -3.32. The second-order valence-corrected chi connectivity index (χ2v) is 2.67. The Bertz CT molecular complexity index is 390. The first-order valence-electron chi connectivity index (χ1n) is 3.87. The van der Waals surface area contributed by atoms with Crippen molar-refractivity contribution in [3.05, 3.63) is 29.3 Å². The molecule has 0 aliphatic heterocycles. The van der Waals surface area contributed by atoms with Gasteiger partial charge in [0.25, 0.3) is 0 Å². The molecule has 6 heteroatoms. The molecule has 1 aromatic rings. The Balaban J connectivity index is 3.31. The maximum absolute atomic E-state index is 13.0. The fourth-order valence-electron chi connectivity index (χ4n) is 1.07. The van der Waals surface area contributed by atoms with Crippen LogP contribution in [0, 0.1) is 11.6 Å². The van der Waals surface area contributed by atoms with Gasteiger partial charge >= 0.3 is 6.61 Å². The number of halogens is 4. The highest BCUT2D eigenvalue weighted by Crippen LogP contribution is 2.27. The quantitative estimate of drug-likeness (QED) is 0.580. The zero-order valence-electron chi connectivity index (χ0n) is 7.56. The number of benzene rings is 1. The molecular formula is C9H6F4O2. The summed E-state index contributed by atoms with van der Waals surface area (Å²) in [7, 11) is 0. The van der Waals surface area contributed by atoms with Crippen LogP contribution in [0.4, 0.5) is 17.6 Å². The van der Waals surface area contributed by atoms with Crippen LogP contribution in [0.3, 0.4) is 0 Å². The summed E-state index contributed by atoms with van der Waals surface area (Å²) in [6.07, 6.45) is 0. The van der Waals surface area contributed by atoms with Crippen molar-refractivity contribution in [3.63, 3.8) is 0 Å². The van der Waals surface area contributed by atoms with E-state index in [1.807, 2.05) is 0 Å². The minimum absolute atomic E-state index is 0.611. The molecule has 0 unspecified atom stereocenters. The van der Waals surface area contributed by atoms with Gasteiger partial charge in [-0.1, -0.05) is 0 Å². The van der Waals surface area contributed by atoms with Gasteiger partial charge in [-0.05, 0) is 19.1 Å². The van der Waals surface area contributed by atoms with Crippen molar-refractivity contribution in [1.82, 2.24) is 0 Å². The van der Waals surface area contributed by atoms with Crippen molar-refractivity contribution in [3.8, 4) is 5.75 Å². The Kier molecular flexibility index (Phi) is 3.28. The third-order valence-electron chi connectivity index (χ3n) is 1.62. The van der Waals surface area contributed by atoms with Gasteiger partial charge in [-0.15, -0.1) is 0 Å². The molecular weight excluding hydrogens is 216 g/mol. The topological polar surface area (TPSA) is 26.3 Å². The SMILES string of the molecule is CC(=O)c1c(F)ccc(F)c1OC(F)F. The average Bonchev–Trinajstić information content (AvgIpc) is 2.10. The molecule has 0 saturated carbocycles. The molecule has 2 nitrogen and oxygen atoms in total. The Labute approximate surface area is 82.5 Å². The van der Waals surface area contributed by atoms with E-state index in [0.29, 0.717) is 12.1 Å². The van der Waals surface area contributed by atoms with E-state index in [1.54, 1.807) is 0 Å². The first-order valence-corrected chi connectivity index (χ1v) is 3.87. The number of carbonyl (C=O) groups is 1. The third kappa shape index (κ3) is 2.45. The van der Waals surface area contributed by atoms with E-state index >= 15 is 0 Å². The molecule has 0 spiro atoms. The van der Waals surface area contributed by atoms with Crippen molar-refractivity contribution >= 4 is 5.78 Å². The van der Waals surface area contributed by atoms with Gasteiger partial charge in [0.05, 0.1) is 5.56 Å². The van der Waals surface area contributed by atoms with E-state index in [4.69, 9.17) is 0 Å². The van der Waals surface area contributed by atoms with Crippen molar-refractivity contribution in [1.29, 1.82) is 0 Å². The van der Waals surface area contributed by atoms with Crippen molar-refractivity contribution in [2.24, 2.45) is 0 Å². The zero-order valence-corrected chi connectivity index (χ0v) is 7.56. The standard InChI is InChI=1S/C9H6F4O2/c1-4(14)7-5(10)2-3-6(11)8(7)15-9(12)13/h2-3,9H,1H3. The molecule has 1 aromatic carbocycles. The van der Waals surface area contributed by atoms with Gasteiger partial charge in [0, 0.05) is 0 Å². The lowest BCUT2D eigenvalue weighted by atomic mass is 10.1. The molecule has 0 bridgehead atoms. The Morgan fingerprint density at radius 2 is 1.80 bits per heavy atom.